The number of H-pyrrole nitrogens is 7. The fraction of sp³-hybridized carbons (Fsp3) is 0.452. The van der Waals surface area contributed by atoms with Crippen LogP contribution in [0.25, 0.3) is 75.4 Å². The summed E-state index contributed by atoms with van der Waals surface area (Å²) in [5, 5.41) is 67.9. The zero-order valence-corrected chi connectivity index (χ0v) is 87.7. The van der Waals surface area contributed by atoms with Gasteiger partial charge in [0.2, 0.25) is 0 Å². The number of aliphatic hydroxyl groups is 6. The van der Waals surface area contributed by atoms with Crippen LogP contribution in [-0.2, 0) is 54.4 Å². The van der Waals surface area contributed by atoms with Crippen LogP contribution in [0.2, 0.25) is 15.1 Å². The van der Waals surface area contributed by atoms with Crippen LogP contribution >= 0.6 is 34.8 Å². The molecule has 7 aromatic heterocycles. The van der Waals surface area contributed by atoms with Gasteiger partial charge in [-0.25, -0.2) is 8.78 Å². The number of ether oxygens (including phenoxy) is 2. The zero-order chi connectivity index (χ0) is 105. The first kappa shape index (κ1) is 112. The molecule has 0 aliphatic carbocycles. The van der Waals surface area contributed by atoms with Crippen molar-refractivity contribution in [2.45, 2.75) is 184 Å². The minimum atomic E-state index is -0.369. The maximum absolute atomic E-state index is 13.8. The number of hydrogen-bond acceptors (Lipinski definition) is 22. The van der Waals surface area contributed by atoms with Crippen molar-refractivity contribution in [1.29, 1.82) is 0 Å². The molecule has 0 amide bonds. The van der Waals surface area contributed by atoms with Crippen molar-refractivity contribution in [2.24, 2.45) is 0 Å². The van der Waals surface area contributed by atoms with Crippen molar-refractivity contribution in [3.05, 3.63) is 320 Å². The second-order valence-corrected chi connectivity index (χ2v) is 41.6. The number of benzene rings is 7. The third-order valence-corrected chi connectivity index (χ3v) is 31.1. The van der Waals surface area contributed by atoms with E-state index in [1.807, 2.05) is 61.5 Å². The molecule has 34 heteroatoms. The maximum Gasteiger partial charge on any atom is 0.256 e. The smallest absolute Gasteiger partial charge is 0.256 e. The SMILES string of the molecule is COC[C@H]1CCCN1CCc1cc2c(C)cccc2c(=O)[nH]1.COC[C@H]1CCCN1CCc1cc2c(Cl)cccc2c(=O)[nH]1.Cc1cccc2c(=O)[nH]c(CCCN3C[C@H](O)C[C@@H]3CO)cc12.O=c1[nH]c(CCN2CCC[C@@H]2CO)cc2c(Cl)cccc12.O=c1[nH]c(CCN2CCC[C@@H]2CO)cc2c(F)cccc12.O=c1[nH]c(CCN2CC[C@@H](O)C2)cc2c(Cl)cccc12.O=c1[nH]c(CCN2CC[C@@H](O)C2)cc2c(F)cccc12. The molecule has 0 radical (unpaired) electrons. The maximum atomic E-state index is 13.8. The number of β-amino-alcohol motifs (C(OH)–C–C–N with tert-alkyl or cyclic N) is 3. The number of aliphatic hydroxyl groups excluding tert-OH is 6. The lowest BCUT2D eigenvalue weighted by atomic mass is 10.1. The number of methoxy groups -OCH3 is 2. The number of nitrogens with one attached hydrogen (secondary N) is 7. The molecule has 13 N–H and O–H groups in total. The number of halogens is 5. The summed E-state index contributed by atoms with van der Waals surface area (Å²) in [5.41, 5.74) is 7.65. The number of aromatic nitrogens is 7. The lowest BCUT2D eigenvalue weighted by Gasteiger charge is -2.23. The number of hydrogen-bond donors (Lipinski definition) is 13. The van der Waals surface area contributed by atoms with E-state index in [0.717, 1.165) is 271 Å². The number of likely N-dealkylation sites (tertiary alicyclic amines) is 7. The number of aromatic amines is 7. The Labute approximate surface area is 879 Å². The molecule has 0 bridgehead atoms. The highest BCUT2D eigenvalue weighted by atomic mass is 35.5. The molecule has 7 aromatic carbocycles. The lowest BCUT2D eigenvalue weighted by Crippen LogP contribution is -2.34. The Hall–Kier alpha value is -10.9. The van der Waals surface area contributed by atoms with E-state index in [1.165, 1.54) is 43.9 Å². The molecule has 7 aliphatic heterocycles. The molecule has 7 saturated heterocycles. The predicted molar refractivity (Wildman–Crippen MR) is 590 cm³/mol. The lowest BCUT2D eigenvalue weighted by molar-refractivity contribution is 0.116. The summed E-state index contributed by atoms with van der Waals surface area (Å²) in [6.45, 7) is 20.1. The number of aryl methyl sites for hydroxylation is 3. The zero-order valence-electron chi connectivity index (χ0n) is 85.4. The molecular weight excluding hydrogens is 1960 g/mol. The molecule has 29 nitrogen and oxygen atoms in total. The molecule has 14 heterocycles. The Balaban J connectivity index is 0.000000130. The quantitative estimate of drug-likeness (QED) is 0.0207. The Morgan fingerprint density at radius 1 is 0.302 bits per heavy atom. The van der Waals surface area contributed by atoms with Crippen LogP contribution in [0, 0.1) is 25.5 Å². The van der Waals surface area contributed by atoms with E-state index in [-0.39, 0.29) is 107 Å². The van der Waals surface area contributed by atoms with Crippen molar-refractivity contribution in [3.8, 4) is 0 Å². The van der Waals surface area contributed by atoms with Gasteiger partial charge in [0.1, 0.15) is 11.6 Å². The highest BCUT2D eigenvalue weighted by Crippen LogP contribution is 2.31. The molecule has 796 valence electrons. The van der Waals surface area contributed by atoms with Crippen molar-refractivity contribution >= 4 is 110 Å². The first-order valence-electron chi connectivity index (χ1n) is 52.3. The van der Waals surface area contributed by atoms with Crippen LogP contribution in [0.4, 0.5) is 8.78 Å². The van der Waals surface area contributed by atoms with Gasteiger partial charge < -0.3 is 84.8 Å². The van der Waals surface area contributed by atoms with Crippen molar-refractivity contribution in [2.75, 3.05) is 152 Å². The average Bonchev–Trinajstić information content (AvgIpc) is 0.995. The van der Waals surface area contributed by atoms with E-state index in [0.29, 0.717) is 97.2 Å². The highest BCUT2D eigenvalue weighted by Gasteiger charge is 2.32. The fourth-order valence-corrected chi connectivity index (χ4v) is 22.6. The van der Waals surface area contributed by atoms with Gasteiger partial charge in [0, 0.05) is 275 Å². The summed E-state index contributed by atoms with van der Waals surface area (Å²) >= 11 is 18.5. The molecule has 0 spiro atoms. The van der Waals surface area contributed by atoms with Gasteiger partial charge in [-0.1, -0.05) is 89.4 Å². The first-order chi connectivity index (χ1) is 72.1. The molecule has 8 atom stereocenters. The minimum absolute atomic E-state index is 0.0195. The standard InChI is InChI=1S/C18H24N2O3.C18H24N2O2.C17H21ClN2O2.C16H19ClN2O2.C16H19FN2O2.C15H17ClN2O2.C15H17FN2O2/c1-12-4-2-6-16-17(12)8-13(19-18(16)23)5-3-7-20-10-15(22)9-14(20)11-21;1-13-5-3-7-16-17(13)11-14(19-18(16)21)8-10-20-9-4-6-15(20)12-22-2;1-22-11-13-4-3-8-20(13)9-7-12-10-15-14(17(21)19-12)5-2-6-16(15)18;2*17-15-5-1-4-13-14(15)9-11(18-16(13)21)6-8-19-7-2-3-12(19)10-20;2*16-14-3-1-2-12-13(14)8-10(17-15(12)20)4-6-18-7-5-11(19)9-18/h2,4,6,8,14-15,21-22H,3,5,7,9-11H2,1H3,(H,19,23);3,5,7,11,15H,4,6,8-10,12H2,1-2H3,(H,19,21);2,5-6,10,13H,3-4,7-9,11H2,1H3,(H,19,21);2*1,4-5,9,12,20H,2-3,6-8,10H2,(H,18,21);2*1-3,8,11,19H,4-7,9H2,(H,17,20)/t14-,15-;15-;13-;2*12-;2*11-/m1111111/s1. The predicted octanol–water partition coefficient (Wildman–Crippen LogP) is 13.4. The molecule has 0 unspecified atom stereocenters. The monoisotopic (exact) mass is 2100 g/mol. The van der Waals surface area contributed by atoms with E-state index in [9.17, 15) is 73.0 Å². The van der Waals surface area contributed by atoms with Crippen molar-refractivity contribution < 1.29 is 48.9 Å². The van der Waals surface area contributed by atoms with Crippen LogP contribution in [0.15, 0.2) is 203 Å². The number of pyridine rings is 7. The number of rotatable bonds is 29. The number of fused-ring (bicyclic) bond motifs is 7. The molecule has 149 heavy (non-hydrogen) atoms. The largest absolute Gasteiger partial charge is 0.395 e. The molecular formula is C115H141Cl3F2N14O15. The fourth-order valence-electron chi connectivity index (χ4n) is 21.9. The van der Waals surface area contributed by atoms with Gasteiger partial charge in [-0.15, -0.1) is 0 Å². The van der Waals surface area contributed by atoms with Crippen molar-refractivity contribution in [3.63, 3.8) is 0 Å². The summed E-state index contributed by atoms with van der Waals surface area (Å²) in [4.78, 5) is 121. The third-order valence-electron chi connectivity index (χ3n) is 30.1. The van der Waals surface area contributed by atoms with Gasteiger partial charge in [0.25, 0.3) is 38.9 Å². The van der Waals surface area contributed by atoms with Crippen LogP contribution in [0.1, 0.15) is 128 Å². The van der Waals surface area contributed by atoms with Gasteiger partial charge in [0.15, 0.2) is 0 Å². The Morgan fingerprint density at radius 2 is 0.577 bits per heavy atom. The Kier molecular flexibility index (Phi) is 41.0. The highest BCUT2D eigenvalue weighted by molar-refractivity contribution is 6.36. The van der Waals surface area contributed by atoms with E-state index in [1.54, 1.807) is 93.1 Å². The van der Waals surface area contributed by atoms with E-state index in [4.69, 9.17) is 44.3 Å². The van der Waals surface area contributed by atoms with Gasteiger partial charge in [0.05, 0.1) is 51.3 Å². The second kappa shape index (κ2) is 54.4. The topological polar surface area (TPSA) is 393 Å². The van der Waals surface area contributed by atoms with Crippen molar-refractivity contribution in [1.82, 2.24) is 69.2 Å². The van der Waals surface area contributed by atoms with Crippen LogP contribution < -0.4 is 38.9 Å². The average molecular weight is 2100 g/mol. The first-order valence-corrected chi connectivity index (χ1v) is 53.5. The minimum Gasteiger partial charge on any atom is -0.395 e. The molecule has 21 rings (SSSR count). The van der Waals surface area contributed by atoms with Gasteiger partial charge >= 0.3 is 0 Å². The molecule has 14 aromatic rings. The van der Waals surface area contributed by atoms with Gasteiger partial charge in [-0.2, -0.15) is 0 Å². The van der Waals surface area contributed by atoms with Crippen LogP contribution in [0.3, 0.4) is 0 Å². The van der Waals surface area contributed by atoms with Crippen LogP contribution in [0.5, 0.6) is 0 Å². The summed E-state index contributed by atoms with van der Waals surface area (Å²) < 4.78 is 38.1. The second-order valence-electron chi connectivity index (χ2n) is 40.4. The van der Waals surface area contributed by atoms with E-state index >= 15 is 0 Å². The third kappa shape index (κ3) is 30.0. The normalized spacial score (nSPS) is 19.8. The van der Waals surface area contributed by atoms with E-state index < -0.39 is 0 Å². The van der Waals surface area contributed by atoms with Gasteiger partial charge in [-0.05, 0) is 267 Å². The Bertz CT molecular complexity index is 6970. The summed E-state index contributed by atoms with van der Waals surface area (Å²) in [6.07, 6.45) is 16.8. The molecule has 7 fully saturated rings. The summed E-state index contributed by atoms with van der Waals surface area (Å²) in [5.74, 6) is -0.735. The molecule has 7 aliphatic rings. The Morgan fingerprint density at radius 3 is 0.893 bits per heavy atom. The van der Waals surface area contributed by atoms with E-state index in [2.05, 4.69) is 94.3 Å². The summed E-state index contributed by atoms with van der Waals surface area (Å²) in [6, 6.07) is 52.0. The summed E-state index contributed by atoms with van der Waals surface area (Å²) in [7, 11) is 3.51. The van der Waals surface area contributed by atoms with Crippen LogP contribution in [-0.4, -0.2) is 300 Å². The number of nitrogens with zero attached hydrogens (tertiary/aromatic N) is 7. The van der Waals surface area contributed by atoms with Gasteiger partial charge in [-0.3, -0.25) is 58.1 Å². The molecule has 0 saturated carbocycles.